The van der Waals surface area contributed by atoms with Crippen LogP contribution in [0.2, 0.25) is 0 Å². The van der Waals surface area contributed by atoms with Crippen molar-refractivity contribution in [3.63, 3.8) is 0 Å². The molecular weight excluding hydrogens is 378 g/mol. The molecule has 1 aliphatic heterocycles. The fraction of sp³-hybridized carbons (Fsp3) is 0.400. The number of nitrogens with zero attached hydrogens (tertiary/aromatic N) is 3. The van der Waals surface area contributed by atoms with Crippen LogP contribution in [-0.4, -0.2) is 43.8 Å². The summed E-state index contributed by atoms with van der Waals surface area (Å²) >= 11 is 0. The molecule has 1 fully saturated rings. The van der Waals surface area contributed by atoms with Crippen molar-refractivity contribution >= 4 is 21.4 Å². The average molecular weight is 404 g/mol. The molecule has 2 aromatic rings. The molecule has 0 aliphatic carbocycles. The Morgan fingerprint density at radius 3 is 2.04 bits per heavy atom. The van der Waals surface area contributed by atoms with Gasteiger partial charge in [0, 0.05) is 32.2 Å². The summed E-state index contributed by atoms with van der Waals surface area (Å²) in [4.78, 5) is 13.0. The van der Waals surface area contributed by atoms with Gasteiger partial charge in [0.25, 0.3) is 5.69 Å². The fourth-order valence-electron chi connectivity index (χ4n) is 3.33. The van der Waals surface area contributed by atoms with Gasteiger partial charge in [-0.15, -0.1) is 0 Å². The molecule has 0 radical (unpaired) electrons. The third-order valence-electron chi connectivity index (χ3n) is 5.02. The lowest BCUT2D eigenvalue weighted by Crippen LogP contribution is -2.48. The minimum absolute atomic E-state index is 0.0385. The molecule has 0 N–H and O–H groups in total. The van der Waals surface area contributed by atoms with E-state index in [9.17, 15) is 18.5 Å². The largest absolute Gasteiger partial charge is 0.363 e. The fourth-order valence-corrected chi connectivity index (χ4v) is 4.75. The number of para-hydroxylation sites is 2. The van der Waals surface area contributed by atoms with E-state index in [2.05, 4.69) is 20.8 Å². The summed E-state index contributed by atoms with van der Waals surface area (Å²) in [6.45, 7) is 7.63. The van der Waals surface area contributed by atoms with Gasteiger partial charge in [0.15, 0.2) is 0 Å². The SMILES string of the molecule is CC(C)(C)c1ccc(S(=O)(=O)N2CCN(c3ccccc3[N+](=O)[O-])CC2)cc1. The third kappa shape index (κ3) is 4.02. The second-order valence-electron chi connectivity index (χ2n) is 7.91. The van der Waals surface area contributed by atoms with Crippen LogP contribution in [0.1, 0.15) is 26.3 Å². The topological polar surface area (TPSA) is 83.8 Å². The molecule has 150 valence electrons. The van der Waals surface area contributed by atoms with Crippen LogP contribution in [0.3, 0.4) is 0 Å². The predicted molar refractivity (Wildman–Crippen MR) is 109 cm³/mol. The van der Waals surface area contributed by atoms with Crippen LogP contribution in [0.5, 0.6) is 0 Å². The van der Waals surface area contributed by atoms with E-state index in [1.54, 1.807) is 30.3 Å². The monoisotopic (exact) mass is 403 g/mol. The number of hydrogen-bond donors (Lipinski definition) is 0. The number of benzene rings is 2. The van der Waals surface area contributed by atoms with Gasteiger partial charge in [0.1, 0.15) is 5.69 Å². The highest BCUT2D eigenvalue weighted by molar-refractivity contribution is 7.89. The first-order valence-corrected chi connectivity index (χ1v) is 10.6. The predicted octanol–water partition coefficient (Wildman–Crippen LogP) is 3.40. The molecule has 1 heterocycles. The van der Waals surface area contributed by atoms with E-state index in [4.69, 9.17) is 0 Å². The van der Waals surface area contributed by atoms with Gasteiger partial charge >= 0.3 is 0 Å². The molecule has 0 saturated carbocycles. The average Bonchev–Trinajstić information content (AvgIpc) is 2.67. The lowest BCUT2D eigenvalue weighted by molar-refractivity contribution is -0.384. The molecule has 28 heavy (non-hydrogen) atoms. The second-order valence-corrected chi connectivity index (χ2v) is 9.85. The van der Waals surface area contributed by atoms with E-state index in [1.807, 2.05) is 17.0 Å². The van der Waals surface area contributed by atoms with E-state index in [0.29, 0.717) is 18.8 Å². The van der Waals surface area contributed by atoms with Gasteiger partial charge in [-0.2, -0.15) is 4.31 Å². The van der Waals surface area contributed by atoms with Crippen LogP contribution in [0.25, 0.3) is 0 Å². The molecule has 2 aromatic carbocycles. The lowest BCUT2D eigenvalue weighted by atomic mass is 9.87. The summed E-state index contributed by atoms with van der Waals surface area (Å²) in [7, 11) is -3.58. The van der Waals surface area contributed by atoms with Crippen LogP contribution in [0.15, 0.2) is 53.4 Å². The van der Waals surface area contributed by atoms with Crippen molar-refractivity contribution in [1.29, 1.82) is 0 Å². The molecule has 1 saturated heterocycles. The number of nitro benzene ring substituents is 1. The van der Waals surface area contributed by atoms with Gasteiger partial charge in [-0.05, 0) is 29.2 Å². The third-order valence-corrected chi connectivity index (χ3v) is 6.93. The Kier molecular flexibility index (Phi) is 5.45. The van der Waals surface area contributed by atoms with Crippen molar-refractivity contribution in [3.8, 4) is 0 Å². The zero-order chi connectivity index (χ0) is 20.5. The Labute approximate surface area is 165 Å². The van der Waals surface area contributed by atoms with E-state index in [0.717, 1.165) is 5.56 Å². The van der Waals surface area contributed by atoms with Crippen molar-refractivity contribution < 1.29 is 13.3 Å². The maximum absolute atomic E-state index is 13.0. The Balaban J connectivity index is 1.75. The summed E-state index contributed by atoms with van der Waals surface area (Å²) in [5.41, 5.74) is 1.60. The van der Waals surface area contributed by atoms with Crippen LogP contribution in [0.4, 0.5) is 11.4 Å². The molecule has 1 aliphatic rings. The van der Waals surface area contributed by atoms with Crippen molar-refractivity contribution in [1.82, 2.24) is 4.31 Å². The quantitative estimate of drug-likeness (QED) is 0.577. The minimum atomic E-state index is -3.58. The number of anilines is 1. The van der Waals surface area contributed by atoms with E-state index in [1.165, 1.54) is 10.4 Å². The first-order valence-electron chi connectivity index (χ1n) is 9.20. The lowest BCUT2D eigenvalue weighted by Gasteiger charge is -2.35. The second kappa shape index (κ2) is 7.52. The molecule has 8 heteroatoms. The van der Waals surface area contributed by atoms with Crippen molar-refractivity contribution in [2.75, 3.05) is 31.1 Å². The van der Waals surface area contributed by atoms with Crippen molar-refractivity contribution in [2.24, 2.45) is 0 Å². The normalized spacial score (nSPS) is 16.2. The van der Waals surface area contributed by atoms with Crippen LogP contribution in [-0.2, 0) is 15.4 Å². The van der Waals surface area contributed by atoms with Gasteiger partial charge in [-0.3, -0.25) is 10.1 Å². The molecule has 0 bridgehead atoms. The molecule has 7 nitrogen and oxygen atoms in total. The van der Waals surface area contributed by atoms with Gasteiger partial charge in [-0.1, -0.05) is 45.0 Å². The zero-order valence-corrected chi connectivity index (χ0v) is 17.1. The van der Waals surface area contributed by atoms with Crippen molar-refractivity contribution in [3.05, 3.63) is 64.2 Å². The molecule has 0 amide bonds. The molecule has 0 unspecified atom stereocenters. The van der Waals surface area contributed by atoms with Gasteiger partial charge in [0.2, 0.25) is 10.0 Å². The highest BCUT2D eigenvalue weighted by atomic mass is 32.2. The van der Waals surface area contributed by atoms with E-state index >= 15 is 0 Å². The maximum Gasteiger partial charge on any atom is 0.292 e. The van der Waals surface area contributed by atoms with Crippen LogP contribution in [0, 0.1) is 10.1 Å². The zero-order valence-electron chi connectivity index (χ0n) is 16.3. The highest BCUT2D eigenvalue weighted by Gasteiger charge is 2.30. The summed E-state index contributed by atoms with van der Waals surface area (Å²) in [5, 5.41) is 11.2. The number of nitro groups is 1. The molecular formula is C20H25N3O4S. The molecule has 3 rings (SSSR count). The standard InChI is InChI=1S/C20H25N3O4S/c1-20(2,3)16-8-10-17(11-9-16)28(26,27)22-14-12-21(13-15-22)18-6-4-5-7-19(18)23(24)25/h4-11H,12-15H2,1-3H3. The van der Waals surface area contributed by atoms with Gasteiger partial charge in [-0.25, -0.2) is 8.42 Å². The van der Waals surface area contributed by atoms with Crippen LogP contribution < -0.4 is 4.90 Å². The molecule has 0 spiro atoms. The number of sulfonamides is 1. The summed E-state index contributed by atoms with van der Waals surface area (Å²) in [6, 6.07) is 13.6. The maximum atomic E-state index is 13.0. The smallest absolute Gasteiger partial charge is 0.292 e. The summed E-state index contributed by atoms with van der Waals surface area (Å²) in [5.74, 6) is 0. The Morgan fingerprint density at radius 2 is 1.50 bits per heavy atom. The first kappa shape index (κ1) is 20.3. The van der Waals surface area contributed by atoms with Crippen molar-refractivity contribution in [2.45, 2.75) is 31.1 Å². The van der Waals surface area contributed by atoms with E-state index < -0.39 is 14.9 Å². The Bertz CT molecular complexity index is 958. The Morgan fingerprint density at radius 1 is 0.929 bits per heavy atom. The van der Waals surface area contributed by atoms with Crippen LogP contribution >= 0.6 is 0 Å². The number of hydrogen-bond acceptors (Lipinski definition) is 5. The molecule has 0 atom stereocenters. The highest BCUT2D eigenvalue weighted by Crippen LogP contribution is 2.30. The summed E-state index contributed by atoms with van der Waals surface area (Å²) in [6.07, 6.45) is 0. The molecule has 0 aromatic heterocycles. The minimum Gasteiger partial charge on any atom is -0.363 e. The number of piperazine rings is 1. The number of rotatable bonds is 4. The first-order chi connectivity index (χ1) is 13.1. The van der Waals surface area contributed by atoms with E-state index in [-0.39, 0.29) is 29.1 Å². The van der Waals surface area contributed by atoms with Gasteiger partial charge < -0.3 is 4.90 Å². The summed E-state index contributed by atoms with van der Waals surface area (Å²) < 4.78 is 27.4. The van der Waals surface area contributed by atoms with Gasteiger partial charge in [0.05, 0.1) is 9.82 Å². The Hall–Kier alpha value is -2.45.